The highest BCUT2D eigenvalue weighted by Gasteiger charge is 2.45. The molecule has 0 saturated carbocycles. The second-order valence-corrected chi connectivity index (χ2v) is 5.64. The number of likely N-dealkylation sites (tertiary alicyclic amines) is 1. The average Bonchev–Trinajstić information content (AvgIpc) is 2.84. The number of carboxylic acid groups (broad SMARTS) is 1. The summed E-state index contributed by atoms with van der Waals surface area (Å²) in [6.07, 6.45) is 4.12. The van der Waals surface area contributed by atoms with Crippen LogP contribution in [-0.4, -0.2) is 53.1 Å². The van der Waals surface area contributed by atoms with Crippen LogP contribution in [-0.2, 0) is 4.79 Å². The molecule has 2 aliphatic heterocycles. The number of carbonyl (C=O) groups excluding carboxylic acids is 1. The highest BCUT2D eigenvalue weighted by molar-refractivity contribution is 5.80. The van der Waals surface area contributed by atoms with Crippen LogP contribution in [0.15, 0.2) is 11.6 Å². The Morgan fingerprint density at radius 1 is 1.37 bits per heavy atom. The summed E-state index contributed by atoms with van der Waals surface area (Å²) in [6.45, 7) is 6.24. The SMILES string of the molecule is CCC1(C(=O)O)CCN(C(=O)N2CC=C(C)CC2)C1. The first kappa shape index (κ1) is 13.9. The zero-order chi connectivity index (χ0) is 14.0. The lowest BCUT2D eigenvalue weighted by molar-refractivity contribution is -0.148. The van der Waals surface area contributed by atoms with E-state index in [2.05, 4.69) is 13.0 Å². The lowest BCUT2D eigenvalue weighted by Gasteiger charge is -2.31. The third-order valence-electron chi connectivity index (χ3n) is 4.46. The molecule has 0 radical (unpaired) electrons. The van der Waals surface area contributed by atoms with Crippen LogP contribution in [0.3, 0.4) is 0 Å². The first-order valence-corrected chi connectivity index (χ1v) is 6.91. The minimum Gasteiger partial charge on any atom is -0.481 e. The highest BCUT2D eigenvalue weighted by Crippen LogP contribution is 2.34. The Balaban J connectivity index is 2.01. The minimum atomic E-state index is -0.778. The first-order chi connectivity index (χ1) is 8.98. The number of aliphatic carboxylic acids is 1. The van der Waals surface area contributed by atoms with Crippen molar-refractivity contribution in [3.63, 3.8) is 0 Å². The number of urea groups is 1. The van der Waals surface area contributed by atoms with E-state index in [0.29, 0.717) is 32.5 Å². The van der Waals surface area contributed by atoms with Crippen LogP contribution >= 0.6 is 0 Å². The molecule has 1 atom stereocenters. The van der Waals surface area contributed by atoms with E-state index in [1.165, 1.54) is 5.57 Å². The van der Waals surface area contributed by atoms with Crippen molar-refractivity contribution in [3.05, 3.63) is 11.6 Å². The smallest absolute Gasteiger partial charge is 0.320 e. The lowest BCUT2D eigenvalue weighted by Crippen LogP contribution is -2.45. The third kappa shape index (κ3) is 2.60. The predicted octanol–water partition coefficient (Wildman–Crippen LogP) is 1.95. The highest BCUT2D eigenvalue weighted by atomic mass is 16.4. The molecule has 0 aromatic carbocycles. The molecule has 2 rings (SSSR count). The van der Waals surface area contributed by atoms with Gasteiger partial charge >= 0.3 is 12.0 Å². The fourth-order valence-electron chi connectivity index (χ4n) is 2.79. The Morgan fingerprint density at radius 2 is 2.11 bits per heavy atom. The lowest BCUT2D eigenvalue weighted by atomic mass is 9.84. The van der Waals surface area contributed by atoms with Crippen LogP contribution in [0, 0.1) is 5.41 Å². The van der Waals surface area contributed by atoms with Gasteiger partial charge in [0.05, 0.1) is 5.41 Å². The fraction of sp³-hybridized carbons (Fsp3) is 0.714. The summed E-state index contributed by atoms with van der Waals surface area (Å²) in [6, 6.07) is -0.0136. The van der Waals surface area contributed by atoms with Gasteiger partial charge in [0.15, 0.2) is 0 Å². The van der Waals surface area contributed by atoms with Gasteiger partial charge in [0.25, 0.3) is 0 Å². The molecule has 5 nitrogen and oxygen atoms in total. The topological polar surface area (TPSA) is 60.9 Å². The van der Waals surface area contributed by atoms with E-state index in [9.17, 15) is 14.7 Å². The van der Waals surface area contributed by atoms with Gasteiger partial charge in [0, 0.05) is 26.2 Å². The molecule has 2 heterocycles. The van der Waals surface area contributed by atoms with Crippen LogP contribution in [0.25, 0.3) is 0 Å². The van der Waals surface area contributed by atoms with E-state index < -0.39 is 11.4 Å². The summed E-state index contributed by atoms with van der Waals surface area (Å²) in [5, 5.41) is 9.35. The molecule has 0 bridgehead atoms. The molecule has 0 aliphatic carbocycles. The third-order valence-corrected chi connectivity index (χ3v) is 4.46. The molecule has 1 N–H and O–H groups in total. The van der Waals surface area contributed by atoms with Gasteiger partial charge in [-0.3, -0.25) is 4.79 Å². The van der Waals surface area contributed by atoms with Gasteiger partial charge in [-0.05, 0) is 26.2 Å². The van der Waals surface area contributed by atoms with Gasteiger partial charge in [-0.2, -0.15) is 0 Å². The van der Waals surface area contributed by atoms with E-state index in [1.54, 1.807) is 9.80 Å². The van der Waals surface area contributed by atoms with Crippen molar-refractivity contribution in [1.29, 1.82) is 0 Å². The van der Waals surface area contributed by atoms with Crippen LogP contribution in [0.4, 0.5) is 4.79 Å². The molecule has 2 aliphatic rings. The molecule has 1 unspecified atom stereocenters. The van der Waals surface area contributed by atoms with Crippen molar-refractivity contribution >= 4 is 12.0 Å². The Labute approximate surface area is 113 Å². The van der Waals surface area contributed by atoms with Gasteiger partial charge in [-0.15, -0.1) is 0 Å². The summed E-state index contributed by atoms with van der Waals surface area (Å²) in [7, 11) is 0. The number of nitrogens with zero attached hydrogens (tertiary/aromatic N) is 2. The molecule has 0 spiro atoms. The van der Waals surface area contributed by atoms with Crippen LogP contribution in [0.1, 0.15) is 33.1 Å². The van der Waals surface area contributed by atoms with Crippen molar-refractivity contribution in [2.24, 2.45) is 5.41 Å². The van der Waals surface area contributed by atoms with E-state index in [1.807, 2.05) is 6.92 Å². The number of amides is 2. The Bertz CT molecular complexity index is 419. The molecule has 0 aromatic rings. The van der Waals surface area contributed by atoms with Crippen molar-refractivity contribution in [1.82, 2.24) is 9.80 Å². The Hall–Kier alpha value is -1.52. The predicted molar refractivity (Wildman–Crippen MR) is 71.9 cm³/mol. The number of hydrogen-bond acceptors (Lipinski definition) is 2. The van der Waals surface area contributed by atoms with E-state index in [-0.39, 0.29) is 6.03 Å². The van der Waals surface area contributed by atoms with Crippen LogP contribution in [0.5, 0.6) is 0 Å². The number of carbonyl (C=O) groups is 2. The first-order valence-electron chi connectivity index (χ1n) is 6.91. The quantitative estimate of drug-likeness (QED) is 0.777. The van der Waals surface area contributed by atoms with Crippen LogP contribution < -0.4 is 0 Å². The molecule has 19 heavy (non-hydrogen) atoms. The average molecular weight is 266 g/mol. The van der Waals surface area contributed by atoms with Gasteiger partial charge in [-0.1, -0.05) is 18.6 Å². The zero-order valence-corrected chi connectivity index (χ0v) is 11.7. The number of hydrogen-bond donors (Lipinski definition) is 1. The molecule has 0 aromatic heterocycles. The Kier molecular flexibility index (Phi) is 3.83. The summed E-state index contributed by atoms with van der Waals surface area (Å²) >= 11 is 0. The maximum atomic E-state index is 12.4. The van der Waals surface area contributed by atoms with E-state index >= 15 is 0 Å². The van der Waals surface area contributed by atoms with Gasteiger partial charge in [0.1, 0.15) is 0 Å². The zero-order valence-electron chi connectivity index (χ0n) is 11.7. The molecule has 5 heteroatoms. The van der Waals surface area contributed by atoms with Crippen LogP contribution in [0.2, 0.25) is 0 Å². The summed E-state index contributed by atoms with van der Waals surface area (Å²) in [4.78, 5) is 27.3. The minimum absolute atomic E-state index is 0.0136. The van der Waals surface area contributed by atoms with Gasteiger partial charge < -0.3 is 14.9 Å². The standard InChI is InChI=1S/C14H22N2O3/c1-3-14(12(17)18)6-9-16(10-14)13(19)15-7-4-11(2)5-8-15/h4H,3,5-10H2,1-2H3,(H,17,18). The number of rotatable bonds is 2. The molecule has 2 amide bonds. The monoisotopic (exact) mass is 266 g/mol. The molecule has 1 saturated heterocycles. The number of carboxylic acids is 1. The van der Waals surface area contributed by atoms with E-state index in [0.717, 1.165) is 13.0 Å². The Morgan fingerprint density at radius 3 is 2.58 bits per heavy atom. The van der Waals surface area contributed by atoms with Crippen molar-refractivity contribution < 1.29 is 14.7 Å². The summed E-state index contributed by atoms with van der Waals surface area (Å²) in [5.41, 5.74) is 0.580. The van der Waals surface area contributed by atoms with E-state index in [4.69, 9.17) is 0 Å². The van der Waals surface area contributed by atoms with Crippen molar-refractivity contribution in [2.75, 3.05) is 26.2 Å². The fourth-order valence-corrected chi connectivity index (χ4v) is 2.79. The summed E-state index contributed by atoms with van der Waals surface area (Å²) < 4.78 is 0. The van der Waals surface area contributed by atoms with Gasteiger partial charge in [-0.25, -0.2) is 4.79 Å². The largest absolute Gasteiger partial charge is 0.481 e. The molecule has 106 valence electrons. The second kappa shape index (κ2) is 5.23. The maximum Gasteiger partial charge on any atom is 0.320 e. The normalized spacial score (nSPS) is 27.4. The second-order valence-electron chi connectivity index (χ2n) is 5.64. The maximum absolute atomic E-state index is 12.4. The summed E-state index contributed by atoms with van der Waals surface area (Å²) in [5.74, 6) is -0.778. The molecule has 1 fully saturated rings. The van der Waals surface area contributed by atoms with Gasteiger partial charge in [0.2, 0.25) is 0 Å². The molecular formula is C14H22N2O3. The molecular weight excluding hydrogens is 244 g/mol. The van der Waals surface area contributed by atoms with Crippen molar-refractivity contribution in [2.45, 2.75) is 33.1 Å². The van der Waals surface area contributed by atoms with Crippen molar-refractivity contribution in [3.8, 4) is 0 Å².